The van der Waals surface area contributed by atoms with E-state index in [2.05, 4.69) is 35.2 Å². The van der Waals surface area contributed by atoms with Gasteiger partial charge in [0.25, 0.3) is 0 Å². The molecule has 0 radical (unpaired) electrons. The Labute approximate surface area is 104 Å². The third-order valence-corrected chi connectivity index (χ3v) is 4.48. The molecule has 0 amide bonds. The van der Waals surface area contributed by atoms with Gasteiger partial charge in [0, 0.05) is 12.1 Å². The summed E-state index contributed by atoms with van der Waals surface area (Å²) in [5, 5.41) is 0. The topological polar surface area (TPSA) is 29.3 Å². The van der Waals surface area contributed by atoms with Gasteiger partial charge in [-0.05, 0) is 50.3 Å². The lowest BCUT2D eigenvalue weighted by atomic mass is 9.88. The smallest absolute Gasteiger partial charge is 0.0233 e. The van der Waals surface area contributed by atoms with E-state index in [1.165, 1.54) is 44.3 Å². The van der Waals surface area contributed by atoms with Gasteiger partial charge < -0.3 is 5.73 Å². The van der Waals surface area contributed by atoms with Crippen LogP contribution in [0, 0.1) is 5.92 Å². The van der Waals surface area contributed by atoms with Crippen LogP contribution in [0.25, 0.3) is 0 Å². The molecule has 1 aromatic carbocycles. The molecule has 0 spiro atoms. The Morgan fingerprint density at radius 1 is 1.12 bits per heavy atom. The minimum Gasteiger partial charge on any atom is -0.325 e. The molecule has 2 aliphatic rings. The van der Waals surface area contributed by atoms with Crippen molar-refractivity contribution in [2.45, 2.75) is 37.8 Å². The highest BCUT2D eigenvalue weighted by Gasteiger charge is 2.46. The van der Waals surface area contributed by atoms with Crippen molar-refractivity contribution in [3.63, 3.8) is 0 Å². The molecule has 1 aliphatic carbocycles. The Morgan fingerprint density at radius 2 is 1.76 bits per heavy atom. The van der Waals surface area contributed by atoms with Crippen molar-refractivity contribution in [3.05, 3.63) is 35.9 Å². The summed E-state index contributed by atoms with van der Waals surface area (Å²) in [6, 6.07) is 10.8. The fourth-order valence-electron chi connectivity index (χ4n) is 3.06. The van der Waals surface area contributed by atoms with E-state index in [4.69, 9.17) is 5.73 Å². The van der Waals surface area contributed by atoms with Crippen molar-refractivity contribution in [1.82, 2.24) is 4.90 Å². The molecule has 2 heteroatoms. The van der Waals surface area contributed by atoms with Gasteiger partial charge in [0.15, 0.2) is 0 Å². The maximum Gasteiger partial charge on any atom is 0.0233 e. The van der Waals surface area contributed by atoms with Gasteiger partial charge in [0.2, 0.25) is 0 Å². The number of piperidine rings is 1. The van der Waals surface area contributed by atoms with E-state index in [9.17, 15) is 0 Å². The predicted molar refractivity (Wildman–Crippen MR) is 70.6 cm³/mol. The van der Waals surface area contributed by atoms with E-state index in [1.54, 1.807) is 0 Å². The minimum absolute atomic E-state index is 0.235. The first kappa shape index (κ1) is 11.2. The van der Waals surface area contributed by atoms with Gasteiger partial charge in [-0.3, -0.25) is 4.90 Å². The molecule has 3 rings (SSSR count). The standard InChI is InChI=1S/C15H22N2/c16-15(8-9-15)14-6-10-17(11-7-14)12-13-4-2-1-3-5-13/h1-5,14H,6-12,16H2. The molecule has 1 saturated carbocycles. The van der Waals surface area contributed by atoms with Crippen molar-refractivity contribution in [2.75, 3.05) is 13.1 Å². The number of nitrogens with zero attached hydrogens (tertiary/aromatic N) is 1. The second kappa shape index (κ2) is 4.43. The molecule has 0 aromatic heterocycles. The molecule has 2 N–H and O–H groups in total. The average Bonchev–Trinajstić information content (AvgIpc) is 3.11. The van der Waals surface area contributed by atoms with Crippen LogP contribution in [0.5, 0.6) is 0 Å². The Hall–Kier alpha value is -0.860. The molecule has 1 aromatic rings. The van der Waals surface area contributed by atoms with Gasteiger partial charge >= 0.3 is 0 Å². The summed E-state index contributed by atoms with van der Waals surface area (Å²) in [6.07, 6.45) is 5.11. The van der Waals surface area contributed by atoms with Crippen LogP contribution in [0.3, 0.4) is 0 Å². The lowest BCUT2D eigenvalue weighted by Gasteiger charge is -2.35. The van der Waals surface area contributed by atoms with E-state index in [0.717, 1.165) is 12.5 Å². The van der Waals surface area contributed by atoms with Crippen LogP contribution in [0.4, 0.5) is 0 Å². The van der Waals surface area contributed by atoms with Gasteiger partial charge in [-0.15, -0.1) is 0 Å². The molecule has 2 nitrogen and oxygen atoms in total. The van der Waals surface area contributed by atoms with Gasteiger partial charge in [-0.25, -0.2) is 0 Å². The highest BCUT2D eigenvalue weighted by molar-refractivity contribution is 5.14. The number of hydrogen-bond donors (Lipinski definition) is 1. The Kier molecular flexibility index (Phi) is 2.93. The number of benzene rings is 1. The maximum atomic E-state index is 6.30. The van der Waals surface area contributed by atoms with Crippen molar-refractivity contribution in [2.24, 2.45) is 11.7 Å². The Balaban J connectivity index is 1.52. The molecule has 92 valence electrons. The van der Waals surface area contributed by atoms with E-state index in [-0.39, 0.29) is 5.54 Å². The highest BCUT2D eigenvalue weighted by Crippen LogP contribution is 2.44. The molecule has 17 heavy (non-hydrogen) atoms. The van der Waals surface area contributed by atoms with E-state index < -0.39 is 0 Å². The first-order chi connectivity index (χ1) is 8.26. The van der Waals surface area contributed by atoms with Crippen molar-refractivity contribution < 1.29 is 0 Å². The first-order valence-corrected chi connectivity index (χ1v) is 6.81. The molecular formula is C15H22N2. The molecule has 1 heterocycles. The predicted octanol–water partition coefficient (Wildman–Crippen LogP) is 2.39. The summed E-state index contributed by atoms with van der Waals surface area (Å²) < 4.78 is 0. The quantitative estimate of drug-likeness (QED) is 0.864. The number of rotatable bonds is 3. The zero-order chi connectivity index (χ0) is 11.7. The van der Waals surface area contributed by atoms with Crippen LogP contribution in [-0.2, 0) is 6.54 Å². The van der Waals surface area contributed by atoms with Crippen LogP contribution < -0.4 is 5.73 Å². The third-order valence-electron chi connectivity index (χ3n) is 4.48. The fourth-order valence-corrected chi connectivity index (χ4v) is 3.06. The Bertz CT molecular complexity index is 362. The van der Waals surface area contributed by atoms with Crippen LogP contribution in [0.2, 0.25) is 0 Å². The maximum absolute atomic E-state index is 6.30. The highest BCUT2D eigenvalue weighted by atomic mass is 15.1. The average molecular weight is 230 g/mol. The largest absolute Gasteiger partial charge is 0.325 e. The number of nitrogens with two attached hydrogens (primary N) is 1. The summed E-state index contributed by atoms with van der Waals surface area (Å²) in [5.41, 5.74) is 7.97. The van der Waals surface area contributed by atoms with Crippen LogP contribution in [0.15, 0.2) is 30.3 Å². The SMILES string of the molecule is NC1(C2CCN(Cc3ccccc3)CC2)CC1. The summed E-state index contributed by atoms with van der Waals surface area (Å²) in [4.78, 5) is 2.57. The lowest BCUT2D eigenvalue weighted by Crippen LogP contribution is -2.42. The summed E-state index contributed by atoms with van der Waals surface area (Å²) in [7, 11) is 0. The zero-order valence-corrected chi connectivity index (χ0v) is 10.4. The molecule has 0 atom stereocenters. The monoisotopic (exact) mass is 230 g/mol. The fraction of sp³-hybridized carbons (Fsp3) is 0.600. The van der Waals surface area contributed by atoms with E-state index >= 15 is 0 Å². The molecular weight excluding hydrogens is 208 g/mol. The molecule has 2 fully saturated rings. The second-order valence-electron chi connectivity index (χ2n) is 5.77. The van der Waals surface area contributed by atoms with Crippen LogP contribution in [-0.4, -0.2) is 23.5 Å². The normalized spacial score (nSPS) is 24.8. The van der Waals surface area contributed by atoms with E-state index in [1.807, 2.05) is 0 Å². The first-order valence-electron chi connectivity index (χ1n) is 6.81. The third kappa shape index (κ3) is 2.53. The lowest BCUT2D eigenvalue weighted by molar-refractivity contribution is 0.157. The van der Waals surface area contributed by atoms with Gasteiger partial charge in [0.05, 0.1) is 0 Å². The van der Waals surface area contributed by atoms with Crippen LogP contribution >= 0.6 is 0 Å². The zero-order valence-electron chi connectivity index (χ0n) is 10.4. The van der Waals surface area contributed by atoms with Crippen molar-refractivity contribution >= 4 is 0 Å². The second-order valence-corrected chi connectivity index (χ2v) is 5.77. The molecule has 0 unspecified atom stereocenters. The minimum atomic E-state index is 0.235. The molecule has 0 bridgehead atoms. The van der Waals surface area contributed by atoms with Gasteiger partial charge in [0.1, 0.15) is 0 Å². The summed E-state index contributed by atoms with van der Waals surface area (Å²) in [5.74, 6) is 0.787. The Morgan fingerprint density at radius 3 is 2.35 bits per heavy atom. The van der Waals surface area contributed by atoms with Crippen molar-refractivity contribution in [1.29, 1.82) is 0 Å². The summed E-state index contributed by atoms with van der Waals surface area (Å²) >= 11 is 0. The van der Waals surface area contributed by atoms with Gasteiger partial charge in [-0.1, -0.05) is 30.3 Å². The van der Waals surface area contributed by atoms with Crippen molar-refractivity contribution in [3.8, 4) is 0 Å². The molecule has 1 aliphatic heterocycles. The number of likely N-dealkylation sites (tertiary alicyclic amines) is 1. The van der Waals surface area contributed by atoms with E-state index in [0.29, 0.717) is 0 Å². The summed E-state index contributed by atoms with van der Waals surface area (Å²) in [6.45, 7) is 3.54. The van der Waals surface area contributed by atoms with Gasteiger partial charge in [-0.2, -0.15) is 0 Å². The van der Waals surface area contributed by atoms with Crippen LogP contribution in [0.1, 0.15) is 31.2 Å². The number of hydrogen-bond acceptors (Lipinski definition) is 2. The molecule has 1 saturated heterocycles.